The van der Waals surface area contributed by atoms with Crippen molar-refractivity contribution in [2.75, 3.05) is 20.2 Å². The number of nitrogens with zero attached hydrogens (tertiary/aromatic N) is 1. The monoisotopic (exact) mass is 435 g/mol. The average molecular weight is 436 g/mol. The summed E-state index contributed by atoms with van der Waals surface area (Å²) < 4.78 is 51.2. The van der Waals surface area contributed by atoms with Crippen LogP contribution in [0.4, 0.5) is 4.39 Å². The summed E-state index contributed by atoms with van der Waals surface area (Å²) in [4.78, 5) is 12.7. The second kappa shape index (κ2) is 9.14. The predicted molar refractivity (Wildman–Crippen MR) is 110 cm³/mol. The van der Waals surface area contributed by atoms with Gasteiger partial charge in [-0.3, -0.25) is 4.79 Å². The highest BCUT2D eigenvalue weighted by Crippen LogP contribution is 2.27. The van der Waals surface area contributed by atoms with Crippen LogP contribution in [0, 0.1) is 25.6 Å². The first kappa shape index (κ1) is 22.2. The van der Waals surface area contributed by atoms with E-state index in [1.807, 2.05) is 13.8 Å². The second-order valence-corrected chi connectivity index (χ2v) is 9.43. The highest BCUT2D eigenvalue weighted by atomic mass is 32.2. The molecule has 162 valence electrons. The number of halogens is 1. The van der Waals surface area contributed by atoms with Crippen LogP contribution in [0.5, 0.6) is 5.75 Å². The van der Waals surface area contributed by atoms with Crippen LogP contribution in [0.1, 0.15) is 29.5 Å². The van der Waals surface area contributed by atoms with E-state index in [9.17, 15) is 17.6 Å². The van der Waals surface area contributed by atoms with Crippen molar-refractivity contribution in [2.24, 2.45) is 5.92 Å². The lowest BCUT2D eigenvalue weighted by Gasteiger charge is -2.30. The van der Waals surface area contributed by atoms with Crippen LogP contribution >= 0.6 is 0 Å². The van der Waals surface area contributed by atoms with Crippen LogP contribution in [0.25, 0.3) is 0 Å². The molecule has 1 saturated heterocycles. The van der Waals surface area contributed by atoms with Gasteiger partial charge in [0.1, 0.15) is 18.2 Å². The molecule has 0 aromatic heterocycles. The van der Waals surface area contributed by atoms with Crippen molar-refractivity contribution in [3.63, 3.8) is 0 Å². The Morgan fingerprint density at radius 3 is 2.43 bits per heavy atom. The van der Waals surface area contributed by atoms with Crippen molar-refractivity contribution in [1.82, 2.24) is 4.31 Å². The zero-order valence-electron chi connectivity index (χ0n) is 17.4. The number of carbonyl (C=O) groups excluding carboxylic acids is 1. The molecule has 1 heterocycles. The van der Waals surface area contributed by atoms with E-state index < -0.39 is 27.7 Å². The Morgan fingerprint density at radius 1 is 1.10 bits per heavy atom. The van der Waals surface area contributed by atoms with Crippen LogP contribution in [0.3, 0.4) is 0 Å². The molecular formula is C22H26FNO5S. The van der Waals surface area contributed by atoms with Crippen molar-refractivity contribution in [1.29, 1.82) is 0 Å². The van der Waals surface area contributed by atoms with Gasteiger partial charge < -0.3 is 9.47 Å². The van der Waals surface area contributed by atoms with Gasteiger partial charge in [0.15, 0.2) is 0 Å². The normalized spacial score (nSPS) is 15.7. The molecule has 0 bridgehead atoms. The van der Waals surface area contributed by atoms with Crippen molar-refractivity contribution in [2.45, 2.75) is 38.2 Å². The maximum absolute atomic E-state index is 13.4. The quantitative estimate of drug-likeness (QED) is 0.649. The molecule has 0 amide bonds. The van der Waals surface area contributed by atoms with Gasteiger partial charge in [0.2, 0.25) is 10.0 Å². The van der Waals surface area contributed by atoms with Crippen molar-refractivity contribution in [3.05, 3.63) is 58.9 Å². The largest absolute Gasteiger partial charge is 0.496 e. The lowest BCUT2D eigenvalue weighted by molar-refractivity contribution is -0.151. The van der Waals surface area contributed by atoms with Crippen LogP contribution in [0.15, 0.2) is 41.3 Å². The molecule has 0 unspecified atom stereocenters. The number of ether oxygens (including phenoxy) is 2. The number of methoxy groups -OCH3 is 1. The van der Waals surface area contributed by atoms with Crippen LogP contribution in [-0.2, 0) is 26.2 Å². The highest BCUT2D eigenvalue weighted by molar-refractivity contribution is 7.89. The molecule has 2 aromatic carbocycles. The van der Waals surface area contributed by atoms with E-state index in [0.717, 1.165) is 11.1 Å². The Balaban J connectivity index is 1.59. The first-order chi connectivity index (χ1) is 14.2. The number of rotatable bonds is 6. The van der Waals surface area contributed by atoms with E-state index in [4.69, 9.17) is 9.47 Å². The Bertz CT molecular complexity index is 1030. The zero-order chi connectivity index (χ0) is 21.9. The SMILES string of the molecule is COc1ccc(F)cc1COC(=O)C1CCN(S(=O)(=O)c2ccc(C)c(C)c2)CC1. The number of hydrogen-bond donors (Lipinski definition) is 0. The standard InChI is InChI=1S/C22H26FNO5S/c1-15-4-6-20(12-16(15)2)30(26,27)24-10-8-17(9-11-24)22(25)29-14-18-13-19(23)5-7-21(18)28-3/h4-7,12-13,17H,8-11,14H2,1-3H3. The van der Waals surface area contributed by atoms with Gasteiger partial charge in [-0.2, -0.15) is 4.31 Å². The molecule has 30 heavy (non-hydrogen) atoms. The van der Waals surface area contributed by atoms with E-state index in [0.29, 0.717) is 24.2 Å². The third kappa shape index (κ3) is 4.82. The first-order valence-corrected chi connectivity index (χ1v) is 11.2. The van der Waals surface area contributed by atoms with E-state index in [-0.39, 0.29) is 24.6 Å². The molecule has 0 N–H and O–H groups in total. The minimum atomic E-state index is -3.60. The van der Waals surface area contributed by atoms with Crippen LogP contribution in [-0.4, -0.2) is 38.9 Å². The summed E-state index contributed by atoms with van der Waals surface area (Å²) in [6.45, 7) is 4.21. The topological polar surface area (TPSA) is 72.9 Å². The lowest BCUT2D eigenvalue weighted by atomic mass is 9.98. The predicted octanol–water partition coefficient (Wildman–Crippen LogP) is 3.60. The molecule has 0 aliphatic carbocycles. The highest BCUT2D eigenvalue weighted by Gasteiger charge is 2.33. The summed E-state index contributed by atoms with van der Waals surface area (Å²) in [5.74, 6) is -0.800. The van der Waals surface area contributed by atoms with E-state index in [1.54, 1.807) is 18.2 Å². The molecule has 1 fully saturated rings. The molecule has 3 rings (SSSR count). The summed E-state index contributed by atoms with van der Waals surface area (Å²) in [7, 11) is -2.13. The molecule has 1 aliphatic rings. The first-order valence-electron chi connectivity index (χ1n) is 9.79. The van der Waals surface area contributed by atoms with Gasteiger partial charge in [-0.25, -0.2) is 12.8 Å². The maximum Gasteiger partial charge on any atom is 0.309 e. The van der Waals surface area contributed by atoms with E-state index in [2.05, 4.69) is 0 Å². The van der Waals surface area contributed by atoms with Crippen molar-refractivity contribution >= 4 is 16.0 Å². The Kier molecular flexibility index (Phi) is 6.77. The van der Waals surface area contributed by atoms with E-state index in [1.165, 1.54) is 29.6 Å². The summed E-state index contributed by atoms with van der Waals surface area (Å²) in [5.41, 5.74) is 2.40. The number of hydrogen-bond acceptors (Lipinski definition) is 5. The summed E-state index contributed by atoms with van der Waals surface area (Å²) >= 11 is 0. The Hall–Kier alpha value is -2.45. The van der Waals surface area contributed by atoms with Gasteiger partial charge in [0, 0.05) is 18.7 Å². The molecule has 0 saturated carbocycles. The molecule has 2 aromatic rings. The number of aryl methyl sites for hydroxylation is 2. The molecule has 0 radical (unpaired) electrons. The molecule has 1 aliphatic heterocycles. The van der Waals surface area contributed by atoms with Gasteiger partial charge in [-0.1, -0.05) is 6.07 Å². The number of esters is 1. The zero-order valence-corrected chi connectivity index (χ0v) is 18.2. The molecule has 0 atom stereocenters. The minimum Gasteiger partial charge on any atom is -0.496 e. The Labute approximate surface area is 176 Å². The smallest absolute Gasteiger partial charge is 0.309 e. The van der Waals surface area contributed by atoms with Gasteiger partial charge in [0.05, 0.1) is 17.9 Å². The molecular weight excluding hydrogens is 409 g/mol. The number of sulfonamides is 1. The lowest BCUT2D eigenvalue weighted by Crippen LogP contribution is -2.40. The molecule has 6 nitrogen and oxygen atoms in total. The fraction of sp³-hybridized carbons (Fsp3) is 0.409. The van der Waals surface area contributed by atoms with E-state index >= 15 is 0 Å². The second-order valence-electron chi connectivity index (χ2n) is 7.49. The van der Waals surface area contributed by atoms with Gasteiger partial charge in [0.25, 0.3) is 0 Å². The fourth-order valence-corrected chi connectivity index (χ4v) is 5.04. The van der Waals surface area contributed by atoms with Gasteiger partial charge >= 0.3 is 5.97 Å². The van der Waals surface area contributed by atoms with Crippen LogP contribution in [0.2, 0.25) is 0 Å². The number of piperidine rings is 1. The number of benzene rings is 2. The van der Waals surface area contributed by atoms with Gasteiger partial charge in [-0.15, -0.1) is 0 Å². The van der Waals surface area contributed by atoms with Crippen molar-refractivity contribution < 1.29 is 27.1 Å². The average Bonchev–Trinajstić information content (AvgIpc) is 2.74. The van der Waals surface area contributed by atoms with Crippen LogP contribution < -0.4 is 4.74 Å². The third-order valence-electron chi connectivity index (χ3n) is 5.52. The molecule has 0 spiro atoms. The summed E-state index contributed by atoms with van der Waals surface area (Å²) in [6.07, 6.45) is 0.756. The minimum absolute atomic E-state index is 0.0963. The Morgan fingerprint density at radius 2 is 1.80 bits per heavy atom. The van der Waals surface area contributed by atoms with Crippen molar-refractivity contribution in [3.8, 4) is 5.75 Å². The number of carbonyl (C=O) groups is 1. The van der Waals surface area contributed by atoms with Gasteiger partial charge in [-0.05, 0) is 68.1 Å². The maximum atomic E-state index is 13.4. The third-order valence-corrected chi connectivity index (χ3v) is 7.41. The summed E-state index contributed by atoms with van der Waals surface area (Å²) in [5, 5.41) is 0. The molecule has 8 heteroatoms. The fourth-order valence-electron chi connectivity index (χ4n) is 3.48. The summed E-state index contributed by atoms with van der Waals surface area (Å²) in [6, 6.07) is 9.12.